The molecule has 1 aromatic heterocycles. The lowest BCUT2D eigenvalue weighted by Crippen LogP contribution is -2.00. The molecule has 0 spiro atoms. The highest BCUT2D eigenvalue weighted by Crippen LogP contribution is 2.27. The van der Waals surface area contributed by atoms with Crippen LogP contribution in [-0.2, 0) is 0 Å². The van der Waals surface area contributed by atoms with Crippen molar-refractivity contribution in [2.45, 2.75) is 13.3 Å². The van der Waals surface area contributed by atoms with Crippen LogP contribution < -0.4 is 5.32 Å². The molecule has 0 saturated heterocycles. The zero-order valence-corrected chi connectivity index (χ0v) is 12.0. The van der Waals surface area contributed by atoms with E-state index in [-0.39, 0.29) is 5.56 Å². The van der Waals surface area contributed by atoms with Crippen LogP contribution in [0, 0.1) is 6.92 Å². The second kappa shape index (κ2) is 5.61. The van der Waals surface area contributed by atoms with Gasteiger partial charge in [0.25, 0.3) is 6.43 Å². The van der Waals surface area contributed by atoms with Crippen LogP contribution in [-0.4, -0.2) is 17.0 Å². The number of nitrogens with one attached hydrogen (secondary N) is 1. The second-order valence-corrected chi connectivity index (χ2v) is 4.76. The maximum Gasteiger partial charge on any atom is 0.263 e. The molecule has 6 heteroatoms. The van der Waals surface area contributed by atoms with Crippen molar-refractivity contribution in [2.75, 3.05) is 12.4 Å². The monoisotopic (exact) mass is 327 g/mol. The van der Waals surface area contributed by atoms with Crippen molar-refractivity contribution in [3.05, 3.63) is 40.0 Å². The van der Waals surface area contributed by atoms with E-state index in [4.69, 9.17) is 0 Å². The smallest absolute Gasteiger partial charge is 0.263 e. The van der Waals surface area contributed by atoms with Crippen LogP contribution in [0.5, 0.6) is 0 Å². The summed E-state index contributed by atoms with van der Waals surface area (Å²) in [6.45, 7) is 1.85. The van der Waals surface area contributed by atoms with E-state index >= 15 is 0 Å². The van der Waals surface area contributed by atoms with Crippen molar-refractivity contribution in [1.82, 2.24) is 9.97 Å². The summed E-state index contributed by atoms with van der Waals surface area (Å²) in [5.74, 6) is 1.17. The SMILES string of the molecule is CNc1nc(-c2ccc(C(F)F)cc2)nc(C)c1Br. The van der Waals surface area contributed by atoms with Crippen LogP contribution in [0.25, 0.3) is 11.4 Å². The van der Waals surface area contributed by atoms with Crippen molar-refractivity contribution in [3.8, 4) is 11.4 Å². The van der Waals surface area contributed by atoms with Gasteiger partial charge in [-0.2, -0.15) is 0 Å². The summed E-state index contributed by atoms with van der Waals surface area (Å²) in [5, 5.41) is 2.96. The fourth-order valence-electron chi connectivity index (χ4n) is 1.63. The molecular formula is C13H12BrF2N3. The van der Waals surface area contributed by atoms with E-state index in [2.05, 4.69) is 31.2 Å². The highest BCUT2D eigenvalue weighted by molar-refractivity contribution is 9.10. The molecule has 2 aromatic rings. The zero-order chi connectivity index (χ0) is 14.0. The molecule has 0 aliphatic rings. The van der Waals surface area contributed by atoms with Gasteiger partial charge in [0.1, 0.15) is 5.82 Å². The third-order valence-electron chi connectivity index (χ3n) is 2.67. The van der Waals surface area contributed by atoms with Gasteiger partial charge in [0.2, 0.25) is 0 Å². The first kappa shape index (κ1) is 13.9. The first-order chi connectivity index (χ1) is 9.02. The minimum Gasteiger partial charge on any atom is -0.372 e. The lowest BCUT2D eigenvalue weighted by molar-refractivity contribution is 0.151. The molecule has 0 aliphatic carbocycles. The number of nitrogens with zero attached hydrogens (tertiary/aromatic N) is 2. The number of aryl methyl sites for hydroxylation is 1. The average molecular weight is 328 g/mol. The van der Waals surface area contributed by atoms with Gasteiger partial charge < -0.3 is 5.32 Å². The quantitative estimate of drug-likeness (QED) is 0.918. The Bertz CT molecular complexity index is 585. The molecule has 0 amide bonds. The van der Waals surface area contributed by atoms with E-state index in [1.165, 1.54) is 12.1 Å². The predicted octanol–water partition coefficient (Wildman–Crippen LogP) is 4.19. The van der Waals surface area contributed by atoms with Gasteiger partial charge in [-0.1, -0.05) is 24.3 Å². The Morgan fingerprint density at radius 2 is 1.79 bits per heavy atom. The van der Waals surface area contributed by atoms with Gasteiger partial charge in [-0.15, -0.1) is 0 Å². The Morgan fingerprint density at radius 3 is 2.32 bits per heavy atom. The summed E-state index contributed by atoms with van der Waals surface area (Å²) in [4.78, 5) is 8.68. The number of benzene rings is 1. The molecule has 0 atom stereocenters. The number of anilines is 1. The molecule has 0 unspecified atom stereocenters. The number of alkyl halides is 2. The molecule has 0 radical (unpaired) electrons. The largest absolute Gasteiger partial charge is 0.372 e. The second-order valence-electron chi connectivity index (χ2n) is 3.97. The normalized spacial score (nSPS) is 10.8. The average Bonchev–Trinajstić information content (AvgIpc) is 2.41. The van der Waals surface area contributed by atoms with Crippen molar-refractivity contribution in [3.63, 3.8) is 0 Å². The molecular weight excluding hydrogens is 316 g/mol. The van der Waals surface area contributed by atoms with Gasteiger partial charge in [0.05, 0.1) is 10.2 Å². The van der Waals surface area contributed by atoms with E-state index in [1.807, 2.05) is 6.92 Å². The fraction of sp³-hybridized carbons (Fsp3) is 0.231. The summed E-state index contributed by atoms with van der Waals surface area (Å²) < 4.78 is 25.8. The lowest BCUT2D eigenvalue weighted by atomic mass is 10.1. The van der Waals surface area contributed by atoms with Crippen LogP contribution in [0.3, 0.4) is 0 Å². The Balaban J connectivity index is 2.44. The Kier molecular flexibility index (Phi) is 4.09. The van der Waals surface area contributed by atoms with Gasteiger partial charge in [0, 0.05) is 18.2 Å². The number of hydrogen-bond donors (Lipinski definition) is 1. The van der Waals surface area contributed by atoms with E-state index < -0.39 is 6.43 Å². The summed E-state index contributed by atoms with van der Waals surface area (Å²) in [6.07, 6.45) is -2.46. The van der Waals surface area contributed by atoms with Gasteiger partial charge in [-0.05, 0) is 22.9 Å². The molecule has 0 saturated carbocycles. The number of aromatic nitrogens is 2. The van der Waals surface area contributed by atoms with E-state index in [1.54, 1.807) is 19.2 Å². The fourth-order valence-corrected chi connectivity index (χ4v) is 2.01. The number of hydrogen-bond acceptors (Lipinski definition) is 3. The van der Waals surface area contributed by atoms with Gasteiger partial charge >= 0.3 is 0 Å². The lowest BCUT2D eigenvalue weighted by Gasteiger charge is -2.09. The van der Waals surface area contributed by atoms with Crippen LogP contribution >= 0.6 is 15.9 Å². The topological polar surface area (TPSA) is 37.8 Å². The minimum atomic E-state index is -2.46. The first-order valence-corrected chi connectivity index (χ1v) is 6.42. The summed E-state index contributed by atoms with van der Waals surface area (Å²) in [6, 6.07) is 5.98. The zero-order valence-electron chi connectivity index (χ0n) is 10.4. The maximum absolute atomic E-state index is 12.5. The number of halogens is 3. The van der Waals surface area contributed by atoms with Crippen LogP contribution in [0.2, 0.25) is 0 Å². The first-order valence-electron chi connectivity index (χ1n) is 5.63. The molecule has 2 rings (SSSR count). The minimum absolute atomic E-state index is 0.00794. The van der Waals surface area contributed by atoms with Crippen LogP contribution in [0.15, 0.2) is 28.7 Å². The summed E-state index contributed by atoms with van der Waals surface area (Å²) in [7, 11) is 1.76. The summed E-state index contributed by atoms with van der Waals surface area (Å²) >= 11 is 3.39. The third-order valence-corrected chi connectivity index (χ3v) is 3.62. The van der Waals surface area contributed by atoms with Crippen molar-refractivity contribution >= 4 is 21.7 Å². The Hall–Kier alpha value is -1.56. The molecule has 0 bridgehead atoms. The highest BCUT2D eigenvalue weighted by atomic mass is 79.9. The summed E-state index contributed by atoms with van der Waals surface area (Å²) in [5.41, 5.74) is 1.48. The van der Waals surface area contributed by atoms with Crippen LogP contribution in [0.1, 0.15) is 17.7 Å². The third kappa shape index (κ3) is 2.89. The molecule has 19 heavy (non-hydrogen) atoms. The number of rotatable bonds is 3. The van der Waals surface area contributed by atoms with E-state index in [9.17, 15) is 8.78 Å². The van der Waals surface area contributed by atoms with Gasteiger partial charge in [-0.3, -0.25) is 0 Å². The molecule has 1 heterocycles. The molecule has 1 N–H and O–H groups in total. The van der Waals surface area contributed by atoms with Crippen molar-refractivity contribution < 1.29 is 8.78 Å². The molecule has 100 valence electrons. The van der Waals surface area contributed by atoms with E-state index in [0.29, 0.717) is 17.2 Å². The molecule has 0 fully saturated rings. The molecule has 3 nitrogen and oxygen atoms in total. The van der Waals surface area contributed by atoms with Gasteiger partial charge in [-0.25, -0.2) is 18.7 Å². The van der Waals surface area contributed by atoms with Crippen molar-refractivity contribution in [1.29, 1.82) is 0 Å². The highest BCUT2D eigenvalue weighted by Gasteiger charge is 2.11. The maximum atomic E-state index is 12.5. The Morgan fingerprint density at radius 1 is 1.16 bits per heavy atom. The van der Waals surface area contributed by atoms with Crippen LogP contribution in [0.4, 0.5) is 14.6 Å². The molecule has 0 aliphatic heterocycles. The standard InChI is InChI=1S/C13H12BrF2N3/c1-7-10(14)13(17-2)19-12(18-7)9-5-3-8(4-6-9)11(15)16/h3-6,11H,1-2H3,(H,17,18,19). The predicted molar refractivity (Wildman–Crippen MR) is 74.4 cm³/mol. The van der Waals surface area contributed by atoms with Crippen molar-refractivity contribution in [2.24, 2.45) is 0 Å². The van der Waals surface area contributed by atoms with Gasteiger partial charge in [0.15, 0.2) is 5.82 Å². The van der Waals surface area contributed by atoms with E-state index in [0.717, 1.165) is 10.2 Å². The molecule has 1 aromatic carbocycles. The Labute approximate surface area is 118 Å².